The average molecular weight is 507 g/mol. The predicted molar refractivity (Wildman–Crippen MR) is 145 cm³/mol. The summed E-state index contributed by atoms with van der Waals surface area (Å²) in [5.74, 6) is 0.560. The van der Waals surface area contributed by atoms with Gasteiger partial charge in [-0.2, -0.15) is 0 Å². The van der Waals surface area contributed by atoms with Crippen molar-refractivity contribution in [3.8, 4) is 5.75 Å². The highest BCUT2D eigenvalue weighted by molar-refractivity contribution is 5.79. The van der Waals surface area contributed by atoms with Crippen LogP contribution in [0.5, 0.6) is 5.75 Å². The van der Waals surface area contributed by atoms with Gasteiger partial charge >= 0.3 is 0 Å². The first-order chi connectivity index (χ1) is 17.7. The maximum absolute atomic E-state index is 13.1. The number of rotatable bonds is 8. The summed E-state index contributed by atoms with van der Waals surface area (Å²) >= 11 is 0. The predicted octanol–water partition coefficient (Wildman–Crippen LogP) is 4.50. The number of carbonyl (C=O) groups is 2. The summed E-state index contributed by atoms with van der Waals surface area (Å²) in [6.45, 7) is 6.83. The van der Waals surface area contributed by atoms with Crippen LogP contribution >= 0.6 is 0 Å². The van der Waals surface area contributed by atoms with Crippen molar-refractivity contribution in [2.75, 3.05) is 7.11 Å². The minimum Gasteiger partial charge on any atom is -0.497 e. The second-order valence-electron chi connectivity index (χ2n) is 11.5. The number of ether oxygens (including phenoxy) is 1. The highest BCUT2D eigenvalue weighted by Gasteiger charge is 2.53. The highest BCUT2D eigenvalue weighted by Crippen LogP contribution is 2.55. The molecule has 2 aromatic rings. The van der Waals surface area contributed by atoms with Gasteiger partial charge in [0.2, 0.25) is 11.8 Å². The van der Waals surface area contributed by atoms with Crippen molar-refractivity contribution in [3.05, 3.63) is 65.7 Å². The third-order valence-corrected chi connectivity index (χ3v) is 9.12. The van der Waals surface area contributed by atoms with Gasteiger partial charge in [-0.1, -0.05) is 63.2 Å². The van der Waals surface area contributed by atoms with Crippen molar-refractivity contribution >= 4 is 11.8 Å². The smallest absolute Gasteiger partial charge is 0.224 e. The van der Waals surface area contributed by atoms with E-state index < -0.39 is 6.10 Å². The molecule has 6 nitrogen and oxygen atoms in total. The van der Waals surface area contributed by atoms with Crippen LogP contribution < -0.4 is 15.4 Å². The van der Waals surface area contributed by atoms with Crippen molar-refractivity contribution in [2.24, 2.45) is 29.1 Å². The molecule has 0 spiro atoms. The molecular formula is C31H42N2O4. The van der Waals surface area contributed by atoms with Crippen LogP contribution in [0.1, 0.15) is 57.6 Å². The van der Waals surface area contributed by atoms with Gasteiger partial charge in [-0.25, -0.2) is 0 Å². The second-order valence-corrected chi connectivity index (χ2v) is 11.5. The van der Waals surface area contributed by atoms with Crippen molar-refractivity contribution in [1.29, 1.82) is 0 Å². The van der Waals surface area contributed by atoms with Crippen molar-refractivity contribution in [2.45, 2.75) is 71.6 Å². The average Bonchev–Trinajstić information content (AvgIpc) is 2.89. The van der Waals surface area contributed by atoms with E-state index in [1.165, 1.54) is 0 Å². The molecule has 37 heavy (non-hydrogen) atoms. The zero-order valence-corrected chi connectivity index (χ0v) is 22.6. The molecule has 2 fully saturated rings. The van der Waals surface area contributed by atoms with E-state index in [1.54, 1.807) is 7.11 Å². The third kappa shape index (κ3) is 6.18. The summed E-state index contributed by atoms with van der Waals surface area (Å²) in [4.78, 5) is 25.9. The zero-order chi connectivity index (χ0) is 26.6. The maximum Gasteiger partial charge on any atom is 0.224 e. The van der Waals surface area contributed by atoms with E-state index in [0.29, 0.717) is 13.0 Å². The molecule has 3 N–H and O–H groups in total. The molecular weight excluding hydrogens is 464 g/mol. The lowest BCUT2D eigenvalue weighted by Crippen LogP contribution is -2.58. The molecule has 6 heteroatoms. The first kappa shape index (κ1) is 27.2. The van der Waals surface area contributed by atoms with E-state index >= 15 is 0 Å². The number of methoxy groups -OCH3 is 1. The van der Waals surface area contributed by atoms with Gasteiger partial charge in [0.15, 0.2) is 0 Å². The molecule has 2 aromatic carbocycles. The molecule has 2 amide bonds. The fourth-order valence-electron chi connectivity index (χ4n) is 6.82. The van der Waals surface area contributed by atoms with E-state index in [0.717, 1.165) is 42.6 Å². The molecule has 7 atom stereocenters. The van der Waals surface area contributed by atoms with E-state index in [2.05, 4.69) is 24.5 Å². The SMILES string of the molecule is COc1ccc(CNC(=O)[C@@H](C)C2CC[C@@]3(C)CC[C@H](NC(=O)Cc4ccccc4)[C@@H](C)[C@@H]3[C@H]2O)cc1. The first-order valence-corrected chi connectivity index (χ1v) is 13.6. The van der Waals surface area contributed by atoms with Gasteiger partial charge in [0.1, 0.15) is 5.75 Å². The third-order valence-electron chi connectivity index (χ3n) is 9.12. The number of benzene rings is 2. The normalized spacial score (nSPS) is 30.0. The fraction of sp³-hybridized carbons (Fsp3) is 0.548. The van der Waals surface area contributed by atoms with Crippen LogP contribution in [-0.4, -0.2) is 36.2 Å². The van der Waals surface area contributed by atoms with Gasteiger partial charge in [0, 0.05) is 18.5 Å². The van der Waals surface area contributed by atoms with Gasteiger partial charge in [-0.3, -0.25) is 9.59 Å². The van der Waals surface area contributed by atoms with Crippen molar-refractivity contribution in [1.82, 2.24) is 10.6 Å². The zero-order valence-electron chi connectivity index (χ0n) is 22.6. The number of aliphatic hydroxyl groups excluding tert-OH is 1. The van der Waals surface area contributed by atoms with E-state index in [9.17, 15) is 14.7 Å². The molecule has 2 saturated carbocycles. The number of aliphatic hydroxyl groups is 1. The standard InChI is InChI=1S/C31H42N2O4/c1-20(30(36)32-19-23-10-12-24(37-4)13-11-23)25-14-16-31(3)17-15-26(21(2)28(31)29(25)35)33-27(34)18-22-8-6-5-7-9-22/h5-13,20-21,25-26,28-29,35H,14-19H2,1-4H3,(H,32,36)(H,33,34)/t20-,21+,25?,26-,28+,29-,31-/m0/s1. The number of hydrogen-bond acceptors (Lipinski definition) is 4. The van der Waals surface area contributed by atoms with E-state index in [4.69, 9.17) is 4.74 Å². The Balaban J connectivity index is 1.37. The molecule has 2 aliphatic carbocycles. The Morgan fingerprint density at radius 1 is 1.05 bits per heavy atom. The lowest BCUT2D eigenvalue weighted by Gasteiger charge is -2.56. The topological polar surface area (TPSA) is 87.7 Å². The van der Waals surface area contributed by atoms with Crippen LogP contribution in [-0.2, 0) is 22.6 Å². The fourth-order valence-corrected chi connectivity index (χ4v) is 6.82. The highest BCUT2D eigenvalue weighted by atomic mass is 16.5. The minimum atomic E-state index is -0.579. The van der Waals surface area contributed by atoms with Crippen LogP contribution in [0.2, 0.25) is 0 Å². The molecule has 0 saturated heterocycles. The molecule has 0 aromatic heterocycles. The summed E-state index contributed by atoms with van der Waals surface area (Å²) < 4.78 is 5.20. The lowest BCUT2D eigenvalue weighted by molar-refractivity contribution is -0.143. The lowest BCUT2D eigenvalue weighted by atomic mass is 9.51. The minimum absolute atomic E-state index is 0.0231. The van der Waals surface area contributed by atoms with Gasteiger partial charge in [-0.05, 0) is 72.1 Å². The number of carbonyl (C=O) groups excluding carboxylic acids is 2. The van der Waals surface area contributed by atoms with Gasteiger partial charge in [-0.15, -0.1) is 0 Å². The van der Waals surface area contributed by atoms with Crippen LogP contribution in [0.15, 0.2) is 54.6 Å². The van der Waals surface area contributed by atoms with Crippen molar-refractivity contribution < 1.29 is 19.4 Å². The molecule has 0 radical (unpaired) electrons. The van der Waals surface area contributed by atoms with Crippen LogP contribution in [0.3, 0.4) is 0 Å². The molecule has 0 bridgehead atoms. The van der Waals surface area contributed by atoms with Crippen LogP contribution in [0, 0.1) is 29.1 Å². The molecule has 1 unspecified atom stereocenters. The van der Waals surface area contributed by atoms with Gasteiger partial charge in [0.05, 0.1) is 19.6 Å². The summed E-state index contributed by atoms with van der Waals surface area (Å²) in [6, 6.07) is 17.5. The monoisotopic (exact) mass is 506 g/mol. The summed E-state index contributed by atoms with van der Waals surface area (Å²) in [5, 5.41) is 18.0. The number of hydrogen-bond donors (Lipinski definition) is 3. The maximum atomic E-state index is 13.1. The first-order valence-electron chi connectivity index (χ1n) is 13.6. The summed E-state index contributed by atoms with van der Waals surface area (Å²) in [6.07, 6.45) is 3.50. The van der Waals surface area contributed by atoms with Gasteiger partial charge in [0.25, 0.3) is 0 Å². The van der Waals surface area contributed by atoms with Crippen molar-refractivity contribution in [3.63, 3.8) is 0 Å². The Labute approximate surface area is 221 Å². The second kappa shape index (κ2) is 11.7. The number of nitrogens with one attached hydrogen (secondary N) is 2. The quantitative estimate of drug-likeness (QED) is 0.492. The van der Waals surface area contributed by atoms with Crippen LogP contribution in [0.4, 0.5) is 0 Å². The summed E-state index contributed by atoms with van der Waals surface area (Å²) in [7, 11) is 1.63. The summed E-state index contributed by atoms with van der Waals surface area (Å²) in [5.41, 5.74) is 2.03. The number of amides is 2. The Morgan fingerprint density at radius 2 is 1.73 bits per heavy atom. The molecule has 0 heterocycles. The number of fused-ring (bicyclic) bond motifs is 1. The Hall–Kier alpha value is -2.86. The molecule has 2 aliphatic rings. The van der Waals surface area contributed by atoms with E-state index in [-0.39, 0.29) is 46.9 Å². The molecule has 4 rings (SSSR count). The largest absolute Gasteiger partial charge is 0.497 e. The van der Waals surface area contributed by atoms with Crippen LogP contribution in [0.25, 0.3) is 0 Å². The molecule has 0 aliphatic heterocycles. The Morgan fingerprint density at radius 3 is 2.41 bits per heavy atom. The molecule has 200 valence electrons. The Bertz CT molecular complexity index is 1060. The Kier molecular flexibility index (Phi) is 8.58. The van der Waals surface area contributed by atoms with Gasteiger partial charge < -0.3 is 20.5 Å². The van der Waals surface area contributed by atoms with E-state index in [1.807, 2.05) is 61.5 Å².